The number of thiazole rings is 1. The van der Waals surface area contributed by atoms with E-state index in [0.29, 0.717) is 26.1 Å². The van der Waals surface area contributed by atoms with Gasteiger partial charge in [0.15, 0.2) is 0 Å². The van der Waals surface area contributed by atoms with Gasteiger partial charge in [-0.05, 0) is 32.3 Å². The Bertz CT molecular complexity index is 829. The van der Waals surface area contributed by atoms with E-state index in [1.807, 2.05) is 36.9 Å². The molecule has 0 spiro atoms. The van der Waals surface area contributed by atoms with Crippen LogP contribution < -0.4 is 5.32 Å². The van der Waals surface area contributed by atoms with E-state index < -0.39 is 0 Å². The zero-order chi connectivity index (χ0) is 20.1. The normalized spacial score (nSPS) is 16.0. The lowest BCUT2D eigenvalue weighted by molar-refractivity contribution is -0.132. The first-order valence-electron chi connectivity index (χ1n) is 9.52. The zero-order valence-corrected chi connectivity index (χ0v) is 17.9. The summed E-state index contributed by atoms with van der Waals surface area (Å²) in [5.41, 5.74) is 1.98. The topological polar surface area (TPSA) is 62.3 Å². The Morgan fingerprint density at radius 3 is 2.46 bits per heavy atom. The van der Waals surface area contributed by atoms with Crippen LogP contribution in [0, 0.1) is 13.8 Å². The molecule has 2 amide bonds. The number of benzene rings is 1. The minimum absolute atomic E-state index is 0.0386. The van der Waals surface area contributed by atoms with Crippen molar-refractivity contribution < 1.29 is 9.59 Å². The van der Waals surface area contributed by atoms with Crippen LogP contribution in [0.2, 0.25) is 0 Å². The first-order valence-corrected chi connectivity index (χ1v) is 10.9. The van der Waals surface area contributed by atoms with E-state index in [4.69, 9.17) is 11.6 Å². The summed E-state index contributed by atoms with van der Waals surface area (Å²) < 4.78 is 0. The minimum Gasteiger partial charge on any atom is -0.354 e. The number of nitrogens with zero attached hydrogens (tertiary/aromatic N) is 2. The predicted molar refractivity (Wildman–Crippen MR) is 113 cm³/mol. The number of hydrogen-bond donors (Lipinski definition) is 1. The highest BCUT2D eigenvalue weighted by Gasteiger charge is 2.37. The van der Waals surface area contributed by atoms with E-state index in [2.05, 4.69) is 22.4 Å². The van der Waals surface area contributed by atoms with Crippen molar-refractivity contribution in [3.8, 4) is 0 Å². The van der Waals surface area contributed by atoms with Crippen LogP contribution in [0.15, 0.2) is 30.3 Å². The van der Waals surface area contributed by atoms with Crippen molar-refractivity contribution in [1.82, 2.24) is 15.2 Å². The molecule has 0 unspecified atom stereocenters. The average Bonchev–Trinajstić information content (AvgIpc) is 3.03. The third-order valence-electron chi connectivity index (χ3n) is 5.52. The Hall–Kier alpha value is -1.92. The molecule has 28 heavy (non-hydrogen) atoms. The summed E-state index contributed by atoms with van der Waals surface area (Å²) in [6.07, 6.45) is 2.04. The lowest BCUT2D eigenvalue weighted by Gasteiger charge is -2.42. The van der Waals surface area contributed by atoms with Crippen LogP contribution in [0.25, 0.3) is 0 Å². The molecule has 0 radical (unpaired) electrons. The number of piperidine rings is 1. The van der Waals surface area contributed by atoms with E-state index in [1.54, 1.807) is 11.3 Å². The van der Waals surface area contributed by atoms with Gasteiger partial charge in [-0.15, -0.1) is 22.9 Å². The van der Waals surface area contributed by atoms with Crippen LogP contribution in [0.3, 0.4) is 0 Å². The highest BCUT2D eigenvalue weighted by Crippen LogP contribution is 2.35. The van der Waals surface area contributed by atoms with Crippen molar-refractivity contribution in [2.45, 2.75) is 38.5 Å². The second-order valence-electron chi connectivity index (χ2n) is 7.36. The third-order valence-corrected chi connectivity index (χ3v) is 6.83. The molecule has 1 saturated heterocycles. The molecule has 5 nitrogen and oxygen atoms in total. The third kappa shape index (κ3) is 4.73. The number of amides is 2. The number of alkyl halides is 1. The highest BCUT2D eigenvalue weighted by molar-refractivity contribution is 7.11. The van der Waals surface area contributed by atoms with Crippen molar-refractivity contribution in [3.63, 3.8) is 0 Å². The SMILES string of the molecule is Cc1nc(C)c(CC(=O)N2CCC(CNC(=O)CCl)(c3ccccc3)CC2)s1. The van der Waals surface area contributed by atoms with Gasteiger partial charge in [0.05, 0.1) is 17.1 Å². The number of nitrogens with one attached hydrogen (secondary N) is 1. The van der Waals surface area contributed by atoms with E-state index in [0.717, 1.165) is 28.4 Å². The maximum atomic E-state index is 12.8. The van der Waals surface area contributed by atoms with Gasteiger partial charge in [0.25, 0.3) is 0 Å². The molecule has 1 N–H and O–H groups in total. The number of aryl methyl sites for hydroxylation is 2. The molecule has 1 aliphatic rings. The number of rotatable bonds is 6. The lowest BCUT2D eigenvalue weighted by Crippen LogP contribution is -2.50. The van der Waals surface area contributed by atoms with E-state index in [-0.39, 0.29) is 23.1 Å². The molecular formula is C21H26ClN3O2S. The molecular weight excluding hydrogens is 394 g/mol. The standard InChI is InChI=1S/C21H26ClN3O2S/c1-15-18(28-16(2)24-15)12-20(27)25-10-8-21(9-11-25,14-23-19(26)13-22)17-6-4-3-5-7-17/h3-7H,8-14H2,1-2H3,(H,23,26). The van der Waals surface area contributed by atoms with Crippen molar-refractivity contribution in [1.29, 1.82) is 0 Å². The monoisotopic (exact) mass is 419 g/mol. The second-order valence-corrected chi connectivity index (χ2v) is 8.91. The number of aromatic nitrogens is 1. The summed E-state index contributed by atoms with van der Waals surface area (Å²) in [5, 5.41) is 3.95. The highest BCUT2D eigenvalue weighted by atomic mass is 35.5. The molecule has 150 valence electrons. The summed E-state index contributed by atoms with van der Waals surface area (Å²) in [5.74, 6) is -0.0481. The first-order chi connectivity index (χ1) is 13.4. The van der Waals surface area contributed by atoms with Gasteiger partial charge in [0.1, 0.15) is 5.88 Å². The molecule has 0 atom stereocenters. The van der Waals surface area contributed by atoms with Gasteiger partial charge >= 0.3 is 0 Å². The lowest BCUT2D eigenvalue weighted by atomic mass is 9.72. The van der Waals surface area contributed by atoms with Crippen molar-refractivity contribution in [2.75, 3.05) is 25.5 Å². The first kappa shape index (κ1) is 20.8. The van der Waals surface area contributed by atoms with E-state index in [9.17, 15) is 9.59 Å². The predicted octanol–water partition coefficient (Wildman–Crippen LogP) is 3.22. The molecule has 1 aromatic heterocycles. The Morgan fingerprint density at radius 1 is 1.21 bits per heavy atom. The van der Waals surface area contributed by atoms with Crippen LogP contribution in [-0.4, -0.2) is 47.2 Å². The van der Waals surface area contributed by atoms with Gasteiger partial charge in [0, 0.05) is 29.9 Å². The van der Waals surface area contributed by atoms with Crippen molar-refractivity contribution in [3.05, 3.63) is 51.5 Å². The maximum absolute atomic E-state index is 12.8. The summed E-state index contributed by atoms with van der Waals surface area (Å²) in [4.78, 5) is 31.9. The molecule has 3 rings (SSSR count). The molecule has 0 bridgehead atoms. The molecule has 1 aromatic carbocycles. The fourth-order valence-electron chi connectivity index (χ4n) is 3.85. The molecule has 1 fully saturated rings. The fourth-order valence-corrected chi connectivity index (χ4v) is 4.87. The summed E-state index contributed by atoms with van der Waals surface area (Å²) in [7, 11) is 0. The maximum Gasteiger partial charge on any atom is 0.234 e. The molecule has 7 heteroatoms. The quantitative estimate of drug-likeness (QED) is 0.731. The van der Waals surface area contributed by atoms with Crippen molar-refractivity contribution in [2.24, 2.45) is 0 Å². The number of halogens is 1. The van der Waals surface area contributed by atoms with Gasteiger partial charge in [-0.25, -0.2) is 4.98 Å². The van der Waals surface area contributed by atoms with Gasteiger partial charge in [0.2, 0.25) is 11.8 Å². The smallest absolute Gasteiger partial charge is 0.234 e. The number of hydrogen-bond acceptors (Lipinski definition) is 4. The Labute approximate surface area is 175 Å². The molecule has 2 aromatic rings. The molecule has 0 saturated carbocycles. The molecule has 1 aliphatic heterocycles. The van der Waals surface area contributed by atoms with E-state index in [1.165, 1.54) is 5.56 Å². The van der Waals surface area contributed by atoms with Crippen LogP contribution in [0.1, 0.15) is 34.0 Å². The van der Waals surface area contributed by atoms with Crippen LogP contribution >= 0.6 is 22.9 Å². The van der Waals surface area contributed by atoms with Crippen LogP contribution in [-0.2, 0) is 21.4 Å². The Morgan fingerprint density at radius 2 is 1.89 bits per heavy atom. The van der Waals surface area contributed by atoms with Gasteiger partial charge in [-0.1, -0.05) is 30.3 Å². The van der Waals surface area contributed by atoms with E-state index >= 15 is 0 Å². The Balaban J connectivity index is 1.69. The largest absolute Gasteiger partial charge is 0.354 e. The van der Waals surface area contributed by atoms with Gasteiger partial charge in [-0.2, -0.15) is 0 Å². The molecule has 0 aliphatic carbocycles. The Kier molecular flexibility index (Phi) is 6.73. The van der Waals surface area contributed by atoms with Crippen LogP contribution in [0.5, 0.6) is 0 Å². The summed E-state index contributed by atoms with van der Waals surface area (Å²) >= 11 is 7.25. The summed E-state index contributed by atoms with van der Waals surface area (Å²) in [6.45, 7) is 5.83. The number of carbonyl (C=O) groups is 2. The van der Waals surface area contributed by atoms with Gasteiger partial charge in [-0.3, -0.25) is 9.59 Å². The second kappa shape index (κ2) is 9.05. The minimum atomic E-state index is -0.170. The number of likely N-dealkylation sites (tertiary alicyclic amines) is 1. The van der Waals surface area contributed by atoms with Gasteiger partial charge < -0.3 is 10.2 Å². The summed E-state index contributed by atoms with van der Waals surface area (Å²) in [6, 6.07) is 10.2. The average molecular weight is 420 g/mol. The zero-order valence-electron chi connectivity index (χ0n) is 16.3. The number of carbonyl (C=O) groups excluding carboxylic acids is 2. The fraction of sp³-hybridized carbons (Fsp3) is 0.476. The van der Waals surface area contributed by atoms with Crippen molar-refractivity contribution >= 4 is 34.8 Å². The molecule has 2 heterocycles. The van der Waals surface area contributed by atoms with Crippen LogP contribution in [0.4, 0.5) is 0 Å².